The van der Waals surface area contributed by atoms with Gasteiger partial charge in [0.1, 0.15) is 29.8 Å². The summed E-state index contributed by atoms with van der Waals surface area (Å²) >= 11 is 0. The number of H-pyrrole nitrogens is 1. The number of nitrogens with one attached hydrogen (secondary N) is 1. The minimum absolute atomic E-state index is 0.0298. The minimum atomic E-state index is -0.591. The van der Waals surface area contributed by atoms with Gasteiger partial charge in [-0.15, -0.1) is 5.10 Å². The van der Waals surface area contributed by atoms with Crippen molar-refractivity contribution in [2.45, 2.75) is 12.5 Å². The Morgan fingerprint density at radius 1 is 1.03 bits per heavy atom. The molecule has 1 aromatic heterocycles. The second-order valence-electron chi connectivity index (χ2n) is 8.61. The zero-order valence-electron chi connectivity index (χ0n) is 21.4. The fourth-order valence-corrected chi connectivity index (χ4v) is 4.56. The third-order valence-electron chi connectivity index (χ3n) is 6.46. The summed E-state index contributed by atoms with van der Waals surface area (Å²) in [6.07, 6.45) is 0. The number of allylic oxidation sites excluding steroid dienone is 1. The fourth-order valence-electron chi connectivity index (χ4n) is 4.56. The van der Waals surface area contributed by atoms with E-state index >= 15 is 0 Å². The zero-order valence-corrected chi connectivity index (χ0v) is 21.4. The SMILES string of the molecule is COc1cc(-c2[nH]nc3c2[C@H](c2ccc(OCc4ccccc4F)cc2)C(C#N)=C(N)O3)cc(OC)c1OC. The van der Waals surface area contributed by atoms with Gasteiger partial charge in [0.25, 0.3) is 0 Å². The van der Waals surface area contributed by atoms with Crippen LogP contribution >= 0.6 is 0 Å². The molecule has 39 heavy (non-hydrogen) atoms. The molecule has 0 saturated carbocycles. The lowest BCUT2D eigenvalue weighted by molar-refractivity contribution is 0.299. The van der Waals surface area contributed by atoms with Crippen molar-refractivity contribution in [3.05, 3.63) is 94.6 Å². The largest absolute Gasteiger partial charge is 0.493 e. The molecule has 0 radical (unpaired) electrons. The molecule has 0 amide bonds. The molecule has 198 valence electrons. The first kappa shape index (κ1) is 25.5. The summed E-state index contributed by atoms with van der Waals surface area (Å²) in [5.41, 5.74) is 9.46. The monoisotopic (exact) mass is 528 g/mol. The average molecular weight is 529 g/mol. The normalized spacial score (nSPS) is 14.2. The van der Waals surface area contributed by atoms with Gasteiger partial charge in [0.2, 0.25) is 17.5 Å². The molecule has 4 aromatic rings. The molecule has 5 rings (SSSR count). The van der Waals surface area contributed by atoms with Crippen LogP contribution in [0.5, 0.6) is 28.9 Å². The Morgan fingerprint density at radius 3 is 2.33 bits per heavy atom. The molecule has 0 saturated heterocycles. The molecule has 1 aliphatic rings. The Morgan fingerprint density at radius 2 is 1.72 bits per heavy atom. The van der Waals surface area contributed by atoms with Crippen LogP contribution in [0.4, 0.5) is 4.39 Å². The topological polar surface area (TPSA) is 125 Å². The summed E-state index contributed by atoms with van der Waals surface area (Å²) in [7, 11) is 4.59. The number of methoxy groups -OCH3 is 3. The summed E-state index contributed by atoms with van der Waals surface area (Å²) in [6, 6.07) is 19.4. The number of fused-ring (bicyclic) bond motifs is 1. The number of halogens is 1. The van der Waals surface area contributed by atoms with Crippen LogP contribution in [-0.2, 0) is 6.61 Å². The summed E-state index contributed by atoms with van der Waals surface area (Å²) in [5, 5.41) is 17.4. The van der Waals surface area contributed by atoms with E-state index in [2.05, 4.69) is 16.3 Å². The van der Waals surface area contributed by atoms with E-state index in [1.807, 2.05) is 12.1 Å². The van der Waals surface area contributed by atoms with Crippen molar-refractivity contribution < 1.29 is 28.1 Å². The molecule has 0 aliphatic carbocycles. The number of benzene rings is 3. The summed E-state index contributed by atoms with van der Waals surface area (Å²) in [6.45, 7) is 0.0801. The van der Waals surface area contributed by atoms with Crippen molar-refractivity contribution in [2.75, 3.05) is 21.3 Å². The van der Waals surface area contributed by atoms with Crippen LogP contribution < -0.4 is 29.4 Å². The number of hydrogen-bond acceptors (Lipinski definition) is 8. The van der Waals surface area contributed by atoms with Crippen molar-refractivity contribution in [2.24, 2.45) is 5.73 Å². The molecule has 0 unspecified atom stereocenters. The van der Waals surface area contributed by atoms with E-state index in [0.717, 1.165) is 5.56 Å². The third-order valence-corrected chi connectivity index (χ3v) is 6.46. The maximum absolute atomic E-state index is 14.0. The van der Waals surface area contributed by atoms with Crippen molar-refractivity contribution >= 4 is 0 Å². The van der Waals surface area contributed by atoms with Crippen molar-refractivity contribution in [1.82, 2.24) is 10.2 Å². The maximum atomic E-state index is 14.0. The van der Waals surface area contributed by atoms with Crippen molar-refractivity contribution in [1.29, 1.82) is 5.26 Å². The van der Waals surface area contributed by atoms with E-state index in [0.29, 0.717) is 45.4 Å². The van der Waals surface area contributed by atoms with E-state index in [4.69, 9.17) is 29.4 Å². The second-order valence-corrected chi connectivity index (χ2v) is 8.61. The van der Waals surface area contributed by atoms with Gasteiger partial charge in [-0.1, -0.05) is 30.3 Å². The Bertz CT molecular complexity index is 1570. The van der Waals surface area contributed by atoms with Gasteiger partial charge in [0.15, 0.2) is 11.5 Å². The standard InChI is InChI=1S/C29H25FN4O5/c1-35-22-12-18(13-23(36-2)27(22)37-3)26-25-24(20(14-31)28(32)39-29(25)34-33-26)16-8-10-19(11-9-16)38-15-17-6-4-5-7-21(17)30/h4-13,24H,15,32H2,1-3H3,(H,33,34)/t24-/m1/s1. The first-order chi connectivity index (χ1) is 19.0. The highest BCUT2D eigenvalue weighted by Gasteiger charge is 2.36. The molecule has 3 N–H and O–H groups in total. The summed E-state index contributed by atoms with van der Waals surface area (Å²) in [5.74, 6) is 1.19. The Kier molecular flexibility index (Phi) is 6.97. The highest BCUT2D eigenvalue weighted by Crippen LogP contribution is 2.48. The maximum Gasteiger partial charge on any atom is 0.244 e. The highest BCUT2D eigenvalue weighted by atomic mass is 19.1. The van der Waals surface area contributed by atoms with Crippen LogP contribution in [0.25, 0.3) is 11.3 Å². The highest BCUT2D eigenvalue weighted by molar-refractivity contribution is 5.75. The molecule has 0 bridgehead atoms. The molecule has 9 nitrogen and oxygen atoms in total. The smallest absolute Gasteiger partial charge is 0.244 e. The molecular formula is C29H25FN4O5. The first-order valence-electron chi connectivity index (χ1n) is 11.9. The number of ether oxygens (including phenoxy) is 5. The lowest BCUT2D eigenvalue weighted by Gasteiger charge is -2.24. The van der Waals surface area contributed by atoms with Crippen molar-refractivity contribution in [3.8, 4) is 46.2 Å². The van der Waals surface area contributed by atoms with Gasteiger partial charge in [-0.05, 0) is 35.9 Å². The lowest BCUT2D eigenvalue weighted by atomic mass is 9.83. The molecule has 0 fully saturated rings. The Balaban J connectivity index is 1.54. The first-order valence-corrected chi connectivity index (χ1v) is 11.9. The molecule has 1 atom stereocenters. The van der Waals surface area contributed by atoms with Crippen LogP contribution in [0.2, 0.25) is 0 Å². The number of aromatic amines is 1. The zero-order chi connectivity index (χ0) is 27.5. The van der Waals surface area contributed by atoms with Gasteiger partial charge in [-0.25, -0.2) is 4.39 Å². The summed E-state index contributed by atoms with van der Waals surface area (Å²) in [4.78, 5) is 0. The van der Waals surface area contributed by atoms with Gasteiger partial charge in [0.05, 0.1) is 38.5 Å². The van der Waals surface area contributed by atoms with Gasteiger partial charge >= 0.3 is 0 Å². The predicted octanol–water partition coefficient (Wildman–Crippen LogP) is 5.04. The fraction of sp³-hybridized carbons (Fsp3) is 0.172. The Labute approximate surface area is 224 Å². The number of nitrogens with zero attached hydrogens (tertiary/aromatic N) is 2. The van der Waals surface area contributed by atoms with Crippen LogP contribution in [0.15, 0.2) is 72.1 Å². The average Bonchev–Trinajstić information content (AvgIpc) is 3.38. The van der Waals surface area contributed by atoms with Crippen LogP contribution in [0.3, 0.4) is 0 Å². The van der Waals surface area contributed by atoms with Gasteiger partial charge < -0.3 is 29.4 Å². The van der Waals surface area contributed by atoms with Gasteiger partial charge in [-0.3, -0.25) is 5.10 Å². The molecule has 2 heterocycles. The summed E-state index contributed by atoms with van der Waals surface area (Å²) < 4.78 is 42.0. The van der Waals surface area contributed by atoms with Crippen LogP contribution in [0.1, 0.15) is 22.6 Å². The molecular weight excluding hydrogens is 503 g/mol. The van der Waals surface area contributed by atoms with Crippen LogP contribution in [-0.4, -0.2) is 31.5 Å². The number of aromatic nitrogens is 2. The van der Waals surface area contributed by atoms with E-state index in [-0.39, 0.29) is 29.8 Å². The number of hydrogen-bond donors (Lipinski definition) is 2. The number of nitrogens with two attached hydrogens (primary N) is 1. The third kappa shape index (κ3) is 4.66. The quantitative estimate of drug-likeness (QED) is 0.326. The molecule has 10 heteroatoms. The lowest BCUT2D eigenvalue weighted by Crippen LogP contribution is -2.21. The van der Waals surface area contributed by atoms with Crippen molar-refractivity contribution in [3.63, 3.8) is 0 Å². The van der Waals surface area contributed by atoms with Gasteiger partial charge in [-0.2, -0.15) is 5.26 Å². The van der Waals surface area contributed by atoms with E-state index in [9.17, 15) is 9.65 Å². The van der Waals surface area contributed by atoms with E-state index < -0.39 is 5.92 Å². The number of rotatable bonds is 8. The second kappa shape index (κ2) is 10.7. The Hall–Kier alpha value is -5.17. The van der Waals surface area contributed by atoms with Crippen LogP contribution in [0, 0.1) is 17.1 Å². The molecule has 3 aromatic carbocycles. The minimum Gasteiger partial charge on any atom is -0.493 e. The number of nitriles is 1. The molecule has 0 spiro atoms. The van der Waals surface area contributed by atoms with E-state index in [1.54, 1.807) is 42.5 Å². The van der Waals surface area contributed by atoms with Gasteiger partial charge in [0, 0.05) is 11.1 Å². The predicted molar refractivity (Wildman–Crippen MR) is 140 cm³/mol. The molecule has 1 aliphatic heterocycles. The van der Waals surface area contributed by atoms with E-state index in [1.165, 1.54) is 27.4 Å².